The van der Waals surface area contributed by atoms with Crippen molar-refractivity contribution in [3.63, 3.8) is 0 Å². The third kappa shape index (κ3) is 21.4. The molecule has 0 saturated heterocycles. The van der Waals surface area contributed by atoms with Crippen molar-refractivity contribution in [1.29, 1.82) is 0 Å². The minimum Gasteiger partial charge on any atom is -0.393 e. The molecule has 0 fully saturated rings. The van der Waals surface area contributed by atoms with Crippen LogP contribution in [0.5, 0.6) is 0 Å². The minimum absolute atomic E-state index is 0.160. The van der Waals surface area contributed by atoms with Gasteiger partial charge in [-0.15, -0.1) is 0 Å². The van der Waals surface area contributed by atoms with E-state index in [2.05, 4.69) is 45.5 Å². The summed E-state index contributed by atoms with van der Waals surface area (Å²) in [6, 6.07) is 0. The van der Waals surface area contributed by atoms with Crippen LogP contribution in [-0.2, 0) is 4.79 Å². The quantitative estimate of drug-likeness (QED) is 0.179. The molecule has 0 rings (SSSR count). The van der Waals surface area contributed by atoms with Gasteiger partial charge in [-0.05, 0) is 32.1 Å². The number of unbranched alkanes of at least 4 members (excludes halogenated alkanes) is 8. The molecule has 0 aromatic heterocycles. The van der Waals surface area contributed by atoms with Crippen LogP contribution in [0.4, 0.5) is 0 Å². The van der Waals surface area contributed by atoms with E-state index in [1.807, 2.05) is 0 Å². The van der Waals surface area contributed by atoms with Crippen molar-refractivity contribution in [3.05, 3.63) is 12.2 Å². The van der Waals surface area contributed by atoms with Crippen LogP contribution in [0.25, 0.3) is 0 Å². The maximum absolute atomic E-state index is 11.8. The molecule has 4 heteroatoms. The van der Waals surface area contributed by atoms with Crippen molar-refractivity contribution < 1.29 is 14.4 Å². The molecule has 1 atom stereocenters. The number of aliphatic hydroxyl groups is 1. The lowest BCUT2D eigenvalue weighted by Crippen LogP contribution is -2.37. The molecule has 0 unspecified atom stereocenters. The number of aliphatic hydroxyl groups excluding tert-OH is 1. The number of rotatable bonds is 19. The average Bonchev–Trinajstić information content (AvgIpc) is 2.63. The summed E-state index contributed by atoms with van der Waals surface area (Å²) in [6.45, 7) is 4.10. The molecule has 0 bridgehead atoms. The SMILES string of the molecule is CCCCCC[C@@H](O)C/C=C\CCCCCCCC(=O)NCCC[N+](C)(C)C. The van der Waals surface area contributed by atoms with E-state index in [1.54, 1.807) is 0 Å². The molecule has 4 nitrogen and oxygen atoms in total. The first-order valence-electron chi connectivity index (χ1n) is 11.8. The number of hydrogen-bond donors (Lipinski definition) is 2. The van der Waals surface area contributed by atoms with Gasteiger partial charge in [-0.2, -0.15) is 0 Å². The molecule has 2 N–H and O–H groups in total. The maximum atomic E-state index is 11.8. The Morgan fingerprint density at radius 2 is 1.61 bits per heavy atom. The standard InChI is InChI=1S/C24H48N2O2/c1-5-6-7-14-18-23(27)19-15-12-10-8-9-11-13-16-20-24(28)25-21-17-22-26(2,3)4/h12,15,23,27H,5-11,13-14,16-22H2,1-4H3/p+1/b15-12-/t23-/m1/s1. The lowest BCUT2D eigenvalue weighted by Gasteiger charge is -2.23. The zero-order valence-corrected chi connectivity index (χ0v) is 19.3. The van der Waals surface area contributed by atoms with Crippen LogP contribution >= 0.6 is 0 Å². The van der Waals surface area contributed by atoms with E-state index in [0.717, 1.165) is 62.5 Å². The van der Waals surface area contributed by atoms with Gasteiger partial charge in [0.2, 0.25) is 5.91 Å². The molecule has 0 spiro atoms. The molecule has 0 heterocycles. The maximum Gasteiger partial charge on any atom is 0.219 e. The zero-order valence-electron chi connectivity index (χ0n) is 19.3. The van der Waals surface area contributed by atoms with Crippen LogP contribution in [0.3, 0.4) is 0 Å². The third-order valence-corrected chi connectivity index (χ3v) is 5.07. The largest absolute Gasteiger partial charge is 0.393 e. The summed E-state index contributed by atoms with van der Waals surface area (Å²) in [6.07, 6.45) is 19.5. The molecule has 166 valence electrons. The Balaban J connectivity index is 3.37. The number of carbonyl (C=O) groups is 1. The van der Waals surface area contributed by atoms with E-state index >= 15 is 0 Å². The molecular weight excluding hydrogens is 348 g/mol. The molecule has 0 aromatic rings. The number of nitrogens with zero attached hydrogens (tertiary/aromatic N) is 1. The first-order valence-corrected chi connectivity index (χ1v) is 11.8. The summed E-state index contributed by atoms with van der Waals surface area (Å²) in [5, 5.41) is 12.9. The fourth-order valence-electron chi connectivity index (χ4n) is 3.24. The van der Waals surface area contributed by atoms with Crippen LogP contribution in [0.2, 0.25) is 0 Å². The number of hydrogen-bond acceptors (Lipinski definition) is 2. The van der Waals surface area contributed by atoms with Crippen molar-refractivity contribution in [2.75, 3.05) is 34.2 Å². The van der Waals surface area contributed by atoms with Crippen molar-refractivity contribution in [2.45, 2.75) is 103 Å². The van der Waals surface area contributed by atoms with Gasteiger partial charge in [0, 0.05) is 19.4 Å². The second kappa shape index (κ2) is 18.2. The summed E-state index contributed by atoms with van der Waals surface area (Å²) in [5.41, 5.74) is 0. The van der Waals surface area contributed by atoms with Crippen LogP contribution in [0.1, 0.15) is 96.8 Å². The van der Waals surface area contributed by atoms with E-state index in [0.29, 0.717) is 6.42 Å². The first kappa shape index (κ1) is 27.1. The van der Waals surface area contributed by atoms with E-state index in [9.17, 15) is 9.90 Å². The second-order valence-electron chi connectivity index (χ2n) is 9.23. The Kier molecular flexibility index (Phi) is 17.6. The molecule has 0 radical (unpaired) electrons. The van der Waals surface area contributed by atoms with Gasteiger partial charge in [0.25, 0.3) is 0 Å². The Hall–Kier alpha value is -0.870. The van der Waals surface area contributed by atoms with Gasteiger partial charge in [0.05, 0.1) is 33.8 Å². The van der Waals surface area contributed by atoms with Gasteiger partial charge in [-0.25, -0.2) is 0 Å². The van der Waals surface area contributed by atoms with E-state index in [1.165, 1.54) is 38.5 Å². The topological polar surface area (TPSA) is 49.3 Å². The highest BCUT2D eigenvalue weighted by Gasteiger charge is 2.06. The second-order valence-corrected chi connectivity index (χ2v) is 9.23. The Morgan fingerprint density at radius 1 is 0.929 bits per heavy atom. The molecule has 28 heavy (non-hydrogen) atoms. The number of carbonyl (C=O) groups excluding carboxylic acids is 1. The van der Waals surface area contributed by atoms with E-state index in [-0.39, 0.29) is 12.0 Å². The van der Waals surface area contributed by atoms with Crippen molar-refractivity contribution in [1.82, 2.24) is 5.32 Å². The summed E-state index contributed by atoms with van der Waals surface area (Å²) in [7, 11) is 6.53. The van der Waals surface area contributed by atoms with Crippen LogP contribution in [0, 0.1) is 0 Å². The molecule has 1 amide bonds. The lowest BCUT2D eigenvalue weighted by atomic mass is 10.1. The van der Waals surface area contributed by atoms with Crippen LogP contribution in [-0.4, -0.2) is 55.8 Å². The highest BCUT2D eigenvalue weighted by Crippen LogP contribution is 2.10. The monoisotopic (exact) mass is 397 g/mol. The third-order valence-electron chi connectivity index (χ3n) is 5.07. The van der Waals surface area contributed by atoms with Gasteiger partial charge in [-0.3, -0.25) is 4.79 Å². The van der Waals surface area contributed by atoms with Gasteiger partial charge in [-0.1, -0.05) is 64.0 Å². The van der Waals surface area contributed by atoms with Gasteiger partial charge in [0.15, 0.2) is 0 Å². The molecule has 0 aromatic carbocycles. The summed E-state index contributed by atoms with van der Waals surface area (Å²) in [5.74, 6) is 0.206. The Bertz CT molecular complexity index is 389. The summed E-state index contributed by atoms with van der Waals surface area (Å²) >= 11 is 0. The number of nitrogens with one attached hydrogen (secondary N) is 1. The van der Waals surface area contributed by atoms with Crippen LogP contribution < -0.4 is 5.32 Å². The van der Waals surface area contributed by atoms with Gasteiger partial charge in [0.1, 0.15) is 0 Å². The summed E-state index contributed by atoms with van der Waals surface area (Å²) in [4.78, 5) is 11.8. The molecule has 0 aliphatic heterocycles. The number of quaternary nitrogens is 1. The zero-order chi connectivity index (χ0) is 21.1. The fraction of sp³-hybridized carbons (Fsp3) is 0.875. The van der Waals surface area contributed by atoms with Crippen molar-refractivity contribution >= 4 is 5.91 Å². The van der Waals surface area contributed by atoms with E-state index < -0.39 is 0 Å². The molecular formula is C24H49N2O2+. The first-order chi connectivity index (χ1) is 13.3. The van der Waals surface area contributed by atoms with Crippen molar-refractivity contribution in [2.24, 2.45) is 0 Å². The smallest absolute Gasteiger partial charge is 0.219 e. The lowest BCUT2D eigenvalue weighted by molar-refractivity contribution is -0.870. The predicted molar refractivity (Wildman–Crippen MR) is 121 cm³/mol. The Labute approximate surface area is 175 Å². The number of allylic oxidation sites excluding steroid dienone is 1. The summed E-state index contributed by atoms with van der Waals surface area (Å²) < 4.78 is 0.949. The van der Waals surface area contributed by atoms with Crippen molar-refractivity contribution in [3.8, 4) is 0 Å². The van der Waals surface area contributed by atoms with E-state index in [4.69, 9.17) is 0 Å². The highest BCUT2D eigenvalue weighted by atomic mass is 16.3. The molecule has 0 aliphatic rings. The number of amides is 1. The average molecular weight is 398 g/mol. The van der Waals surface area contributed by atoms with Crippen LogP contribution in [0.15, 0.2) is 12.2 Å². The molecule has 0 saturated carbocycles. The fourth-order valence-corrected chi connectivity index (χ4v) is 3.24. The van der Waals surface area contributed by atoms with Gasteiger partial charge < -0.3 is 14.9 Å². The normalized spacial score (nSPS) is 13.2. The van der Waals surface area contributed by atoms with Gasteiger partial charge >= 0.3 is 0 Å². The molecule has 0 aliphatic carbocycles. The Morgan fingerprint density at radius 3 is 2.32 bits per heavy atom. The predicted octanol–water partition coefficient (Wildman–Crippen LogP) is 5.21. The highest BCUT2D eigenvalue weighted by molar-refractivity contribution is 5.75. The minimum atomic E-state index is -0.160.